The van der Waals surface area contributed by atoms with Crippen molar-refractivity contribution in [2.24, 2.45) is 0 Å². The molecule has 2 aromatic rings. The van der Waals surface area contributed by atoms with Crippen molar-refractivity contribution in [3.8, 4) is 0 Å². The molecule has 0 aliphatic carbocycles. The second-order valence-electron chi connectivity index (χ2n) is 5.59. The van der Waals surface area contributed by atoms with Gasteiger partial charge in [-0.3, -0.25) is 9.59 Å². The summed E-state index contributed by atoms with van der Waals surface area (Å²) in [5.41, 5.74) is 1.36. The number of aryl methyl sites for hydroxylation is 1. The van der Waals surface area contributed by atoms with E-state index in [0.29, 0.717) is 15.3 Å². The quantitative estimate of drug-likeness (QED) is 0.554. The van der Waals surface area contributed by atoms with E-state index in [9.17, 15) is 19.2 Å². The summed E-state index contributed by atoms with van der Waals surface area (Å²) in [6.45, 7) is 6.09. The first-order valence-corrected chi connectivity index (χ1v) is 9.78. The van der Waals surface area contributed by atoms with Crippen molar-refractivity contribution in [1.29, 1.82) is 0 Å². The van der Waals surface area contributed by atoms with E-state index in [4.69, 9.17) is 9.47 Å². The van der Waals surface area contributed by atoms with Gasteiger partial charge in [0.15, 0.2) is 12.4 Å². The van der Waals surface area contributed by atoms with Crippen molar-refractivity contribution < 1.29 is 28.7 Å². The van der Waals surface area contributed by atoms with Crippen molar-refractivity contribution >= 4 is 51.3 Å². The van der Waals surface area contributed by atoms with Crippen LogP contribution in [-0.4, -0.2) is 36.8 Å². The number of thiophene rings is 2. The van der Waals surface area contributed by atoms with Gasteiger partial charge in [0.2, 0.25) is 0 Å². The van der Waals surface area contributed by atoms with Gasteiger partial charge in [-0.1, -0.05) is 0 Å². The van der Waals surface area contributed by atoms with E-state index in [1.807, 2.05) is 0 Å². The van der Waals surface area contributed by atoms with Crippen LogP contribution < -0.4 is 5.32 Å². The highest BCUT2D eigenvalue weighted by molar-refractivity contribution is 7.18. The third kappa shape index (κ3) is 4.81. The van der Waals surface area contributed by atoms with Crippen LogP contribution in [0.1, 0.15) is 54.7 Å². The van der Waals surface area contributed by atoms with Crippen LogP contribution >= 0.6 is 22.7 Å². The van der Waals surface area contributed by atoms with Crippen LogP contribution in [0.4, 0.5) is 5.00 Å². The minimum Gasteiger partial charge on any atom is -0.462 e. The first kappa shape index (κ1) is 20.8. The zero-order chi connectivity index (χ0) is 20.1. The fourth-order valence-corrected chi connectivity index (χ4v) is 4.25. The Morgan fingerprint density at radius 2 is 1.78 bits per heavy atom. The number of hydrogen-bond acceptors (Lipinski definition) is 8. The number of hydrogen-bond donors (Lipinski definition) is 1. The van der Waals surface area contributed by atoms with Gasteiger partial charge >= 0.3 is 11.9 Å². The van der Waals surface area contributed by atoms with E-state index in [-0.39, 0.29) is 23.0 Å². The van der Waals surface area contributed by atoms with Crippen LogP contribution in [0.15, 0.2) is 11.4 Å². The van der Waals surface area contributed by atoms with Crippen molar-refractivity contribution in [1.82, 2.24) is 0 Å². The molecule has 7 nitrogen and oxygen atoms in total. The van der Waals surface area contributed by atoms with Gasteiger partial charge in [-0.05, 0) is 50.3 Å². The SMILES string of the molecule is CCOC(=O)c1c(NC(=O)COC(=O)c2sccc2C)sc(C(C)=O)c1C. The summed E-state index contributed by atoms with van der Waals surface area (Å²) in [5.74, 6) is -2.04. The lowest BCUT2D eigenvalue weighted by molar-refractivity contribution is -0.119. The maximum atomic E-state index is 12.2. The van der Waals surface area contributed by atoms with Gasteiger partial charge in [-0.25, -0.2) is 9.59 Å². The maximum Gasteiger partial charge on any atom is 0.349 e. The van der Waals surface area contributed by atoms with Gasteiger partial charge in [0.25, 0.3) is 5.91 Å². The Morgan fingerprint density at radius 1 is 1.07 bits per heavy atom. The number of nitrogens with one attached hydrogen (secondary N) is 1. The molecule has 2 heterocycles. The Morgan fingerprint density at radius 3 is 2.33 bits per heavy atom. The summed E-state index contributed by atoms with van der Waals surface area (Å²) in [6.07, 6.45) is 0. The second-order valence-corrected chi connectivity index (χ2v) is 7.53. The molecule has 27 heavy (non-hydrogen) atoms. The standard InChI is InChI=1S/C18H19NO6S2/c1-5-24-17(22)13-10(3)15(11(4)20)27-16(13)19-12(21)8-25-18(23)14-9(2)6-7-26-14/h6-7H,5,8H2,1-4H3,(H,19,21). The highest BCUT2D eigenvalue weighted by Crippen LogP contribution is 2.34. The van der Waals surface area contributed by atoms with Crippen molar-refractivity contribution in [2.75, 3.05) is 18.5 Å². The van der Waals surface area contributed by atoms with Crippen molar-refractivity contribution in [2.45, 2.75) is 27.7 Å². The molecular formula is C18H19NO6S2. The molecule has 0 saturated carbocycles. The number of esters is 2. The van der Waals surface area contributed by atoms with Crippen LogP contribution in [0.25, 0.3) is 0 Å². The van der Waals surface area contributed by atoms with Gasteiger partial charge in [0.05, 0.1) is 17.0 Å². The number of carbonyl (C=O) groups is 4. The van der Waals surface area contributed by atoms with E-state index in [1.165, 1.54) is 18.3 Å². The monoisotopic (exact) mass is 409 g/mol. The molecule has 0 atom stereocenters. The van der Waals surface area contributed by atoms with Gasteiger partial charge in [0, 0.05) is 0 Å². The molecule has 0 aromatic carbocycles. The Balaban J connectivity index is 2.13. The normalized spacial score (nSPS) is 10.4. The highest BCUT2D eigenvalue weighted by Gasteiger charge is 2.25. The molecule has 144 valence electrons. The lowest BCUT2D eigenvalue weighted by Crippen LogP contribution is -2.21. The van der Waals surface area contributed by atoms with E-state index in [0.717, 1.165) is 16.9 Å². The molecule has 0 bridgehead atoms. The minimum atomic E-state index is -0.625. The number of carbonyl (C=O) groups excluding carboxylic acids is 4. The molecule has 0 radical (unpaired) electrons. The fraction of sp³-hybridized carbons (Fsp3) is 0.333. The molecule has 2 aromatic heterocycles. The summed E-state index contributed by atoms with van der Waals surface area (Å²) in [4.78, 5) is 48.9. The number of ketones is 1. The predicted octanol–water partition coefficient (Wildman–Crippen LogP) is 3.60. The highest BCUT2D eigenvalue weighted by atomic mass is 32.1. The average Bonchev–Trinajstić information content (AvgIpc) is 3.16. The molecule has 2 rings (SSSR count). The van der Waals surface area contributed by atoms with Gasteiger partial charge in [-0.2, -0.15) is 0 Å². The smallest absolute Gasteiger partial charge is 0.349 e. The molecule has 1 amide bonds. The summed E-state index contributed by atoms with van der Waals surface area (Å²) in [5, 5.41) is 4.49. The van der Waals surface area contributed by atoms with E-state index < -0.39 is 24.5 Å². The summed E-state index contributed by atoms with van der Waals surface area (Å²) in [6, 6.07) is 1.78. The zero-order valence-corrected chi connectivity index (χ0v) is 17.0. The van der Waals surface area contributed by atoms with E-state index >= 15 is 0 Å². The van der Waals surface area contributed by atoms with Crippen LogP contribution in [0.5, 0.6) is 0 Å². The summed E-state index contributed by atoms with van der Waals surface area (Å²) < 4.78 is 10.0. The molecule has 1 N–H and O–H groups in total. The zero-order valence-electron chi connectivity index (χ0n) is 15.3. The lowest BCUT2D eigenvalue weighted by atomic mass is 10.1. The molecule has 9 heteroatoms. The third-order valence-corrected chi connectivity index (χ3v) is 5.89. The van der Waals surface area contributed by atoms with Gasteiger partial charge in [0.1, 0.15) is 9.88 Å². The van der Waals surface area contributed by atoms with Crippen LogP contribution in [-0.2, 0) is 14.3 Å². The second kappa shape index (κ2) is 8.92. The first-order valence-electron chi connectivity index (χ1n) is 8.08. The number of Topliss-reactive ketones (excluding diaryl/α,β-unsaturated/α-hetero) is 1. The van der Waals surface area contributed by atoms with Gasteiger partial charge < -0.3 is 14.8 Å². The first-order chi connectivity index (χ1) is 12.8. The van der Waals surface area contributed by atoms with Crippen LogP contribution in [0.2, 0.25) is 0 Å². The van der Waals surface area contributed by atoms with Crippen LogP contribution in [0.3, 0.4) is 0 Å². The molecule has 0 aliphatic rings. The van der Waals surface area contributed by atoms with Crippen LogP contribution in [0, 0.1) is 13.8 Å². The molecule has 0 aliphatic heterocycles. The minimum absolute atomic E-state index is 0.140. The Hall–Kier alpha value is -2.52. The predicted molar refractivity (Wildman–Crippen MR) is 103 cm³/mol. The maximum absolute atomic E-state index is 12.2. The number of amides is 1. The number of ether oxygens (including phenoxy) is 2. The summed E-state index contributed by atoms with van der Waals surface area (Å²) in [7, 11) is 0. The third-order valence-electron chi connectivity index (χ3n) is 3.58. The molecule has 0 unspecified atom stereocenters. The van der Waals surface area contributed by atoms with E-state index in [2.05, 4.69) is 5.32 Å². The molecule has 0 fully saturated rings. The molecule has 0 saturated heterocycles. The van der Waals surface area contributed by atoms with E-state index in [1.54, 1.807) is 32.2 Å². The Kier molecular flexibility index (Phi) is 6.86. The molecular weight excluding hydrogens is 390 g/mol. The Bertz CT molecular complexity index is 896. The average molecular weight is 409 g/mol. The summed E-state index contributed by atoms with van der Waals surface area (Å²) >= 11 is 2.22. The fourth-order valence-electron chi connectivity index (χ4n) is 2.33. The van der Waals surface area contributed by atoms with Crippen molar-refractivity contribution in [3.63, 3.8) is 0 Å². The van der Waals surface area contributed by atoms with Gasteiger partial charge in [-0.15, -0.1) is 22.7 Å². The lowest BCUT2D eigenvalue weighted by Gasteiger charge is -2.07. The largest absolute Gasteiger partial charge is 0.462 e. The number of rotatable bonds is 7. The van der Waals surface area contributed by atoms with Crippen molar-refractivity contribution in [3.05, 3.63) is 37.9 Å². The molecule has 0 spiro atoms. The number of anilines is 1. The Labute approximate surface area is 164 Å². The topological polar surface area (TPSA) is 98.8 Å².